The Hall–Kier alpha value is -2.18. The number of hydrogen-bond donors (Lipinski definition) is 1. The second kappa shape index (κ2) is 3.66. The fourth-order valence-electron chi connectivity index (χ4n) is 1.92. The molecule has 0 unspecified atom stereocenters. The largest absolute Gasteiger partial charge is 0.481 e. The summed E-state index contributed by atoms with van der Waals surface area (Å²) in [7, 11) is 0. The first kappa shape index (κ1) is 10.9. The minimum absolute atomic E-state index is 0.282. The van der Waals surface area contributed by atoms with E-state index < -0.39 is 11.4 Å². The van der Waals surface area contributed by atoms with Gasteiger partial charge in [-0.05, 0) is 42.3 Å². The predicted molar refractivity (Wildman–Crippen MR) is 59.6 cm³/mol. The Balaban J connectivity index is 1.91. The Bertz CT molecular complexity index is 597. The van der Waals surface area contributed by atoms with Crippen molar-refractivity contribution >= 4 is 5.97 Å². The highest BCUT2D eigenvalue weighted by molar-refractivity contribution is 5.77. The van der Waals surface area contributed by atoms with E-state index in [0.717, 1.165) is 5.76 Å². The van der Waals surface area contributed by atoms with E-state index in [2.05, 4.69) is 15.5 Å². The lowest BCUT2D eigenvalue weighted by Gasteiger charge is -2.09. The molecule has 0 bridgehead atoms. The molecule has 1 aliphatic carbocycles. The Morgan fingerprint density at radius 2 is 2.33 bits per heavy atom. The molecule has 7 heteroatoms. The Kier molecular flexibility index (Phi) is 2.22. The number of aliphatic carboxylic acids is 1. The molecule has 2 aromatic rings. The number of carbonyl (C=O) groups is 1. The van der Waals surface area contributed by atoms with Crippen molar-refractivity contribution in [2.75, 3.05) is 0 Å². The maximum absolute atomic E-state index is 11.2. The summed E-state index contributed by atoms with van der Waals surface area (Å²) in [4.78, 5) is 11.2. The van der Waals surface area contributed by atoms with Gasteiger partial charge in [-0.2, -0.15) is 0 Å². The molecule has 0 spiro atoms. The van der Waals surface area contributed by atoms with Gasteiger partial charge in [0.15, 0.2) is 5.76 Å². The third kappa shape index (κ3) is 1.68. The number of carboxylic acid groups (broad SMARTS) is 1. The summed E-state index contributed by atoms with van der Waals surface area (Å²) in [5.74, 6) is 0.993. The van der Waals surface area contributed by atoms with Gasteiger partial charge in [-0.3, -0.25) is 4.79 Å². The fraction of sp³-hybridized carbons (Fsp3) is 0.455. The van der Waals surface area contributed by atoms with E-state index in [1.807, 2.05) is 13.0 Å². The van der Waals surface area contributed by atoms with Crippen LogP contribution in [0.25, 0.3) is 11.6 Å². The summed E-state index contributed by atoms with van der Waals surface area (Å²) in [6, 6.07) is 3.59. The first-order valence-electron chi connectivity index (χ1n) is 5.67. The molecule has 7 nitrogen and oxygen atoms in total. The van der Waals surface area contributed by atoms with Gasteiger partial charge in [0.25, 0.3) is 0 Å². The van der Waals surface area contributed by atoms with E-state index in [0.29, 0.717) is 24.4 Å². The number of aromatic nitrogens is 4. The van der Waals surface area contributed by atoms with E-state index in [1.54, 1.807) is 6.07 Å². The van der Waals surface area contributed by atoms with Crippen molar-refractivity contribution < 1.29 is 14.3 Å². The summed E-state index contributed by atoms with van der Waals surface area (Å²) < 4.78 is 6.95. The SMILES string of the molecule is Cc1ccc(-c2nnnn2CC2(C(=O)O)CC2)o1. The van der Waals surface area contributed by atoms with Crippen LogP contribution >= 0.6 is 0 Å². The predicted octanol–water partition coefficient (Wildman–Crippen LogP) is 1.11. The van der Waals surface area contributed by atoms with Crippen LogP contribution in [0.5, 0.6) is 0 Å². The lowest BCUT2D eigenvalue weighted by Crippen LogP contribution is -2.22. The maximum atomic E-state index is 11.2. The zero-order valence-corrected chi connectivity index (χ0v) is 9.83. The normalized spacial score (nSPS) is 16.7. The number of tetrazole rings is 1. The summed E-state index contributed by atoms with van der Waals surface area (Å²) >= 11 is 0. The van der Waals surface area contributed by atoms with Crippen LogP contribution in [-0.4, -0.2) is 31.3 Å². The average molecular weight is 248 g/mol. The average Bonchev–Trinajstić information content (AvgIpc) is 2.76. The van der Waals surface area contributed by atoms with Gasteiger partial charge in [0.2, 0.25) is 5.82 Å². The molecule has 1 saturated carbocycles. The van der Waals surface area contributed by atoms with Crippen LogP contribution in [0, 0.1) is 12.3 Å². The number of carboxylic acids is 1. The van der Waals surface area contributed by atoms with Crippen molar-refractivity contribution in [3.05, 3.63) is 17.9 Å². The molecule has 0 aliphatic heterocycles. The van der Waals surface area contributed by atoms with E-state index in [1.165, 1.54) is 4.68 Å². The molecule has 0 radical (unpaired) electrons. The number of nitrogens with zero attached hydrogens (tertiary/aromatic N) is 4. The van der Waals surface area contributed by atoms with E-state index in [4.69, 9.17) is 9.52 Å². The Morgan fingerprint density at radius 3 is 2.89 bits per heavy atom. The molecule has 3 rings (SSSR count). The number of rotatable bonds is 4. The lowest BCUT2D eigenvalue weighted by atomic mass is 10.1. The standard InChI is InChI=1S/C11H12N4O3/c1-7-2-3-8(18-7)9-12-13-14-15(9)6-11(4-5-11)10(16)17/h2-3H,4-6H2,1H3,(H,16,17). The molecule has 1 N–H and O–H groups in total. The van der Waals surface area contributed by atoms with Crippen LogP contribution in [0.4, 0.5) is 0 Å². The number of furan rings is 1. The molecular weight excluding hydrogens is 236 g/mol. The molecule has 0 saturated heterocycles. The minimum Gasteiger partial charge on any atom is -0.481 e. The maximum Gasteiger partial charge on any atom is 0.311 e. The van der Waals surface area contributed by atoms with Gasteiger partial charge in [0.1, 0.15) is 5.76 Å². The molecule has 18 heavy (non-hydrogen) atoms. The number of hydrogen-bond acceptors (Lipinski definition) is 5. The molecular formula is C11H12N4O3. The van der Waals surface area contributed by atoms with Crippen LogP contribution in [0.2, 0.25) is 0 Å². The second-order valence-electron chi connectivity index (χ2n) is 4.66. The zero-order valence-electron chi connectivity index (χ0n) is 9.83. The van der Waals surface area contributed by atoms with Crippen molar-refractivity contribution in [3.63, 3.8) is 0 Å². The Labute approximate surface area is 102 Å². The molecule has 2 aromatic heterocycles. The highest BCUT2D eigenvalue weighted by Crippen LogP contribution is 2.47. The fourth-order valence-corrected chi connectivity index (χ4v) is 1.92. The lowest BCUT2D eigenvalue weighted by molar-refractivity contribution is -0.144. The van der Waals surface area contributed by atoms with Crippen LogP contribution in [0.3, 0.4) is 0 Å². The highest BCUT2D eigenvalue weighted by atomic mass is 16.4. The van der Waals surface area contributed by atoms with Crippen LogP contribution < -0.4 is 0 Å². The van der Waals surface area contributed by atoms with Gasteiger partial charge in [0.05, 0.1) is 12.0 Å². The van der Waals surface area contributed by atoms with E-state index >= 15 is 0 Å². The molecule has 1 fully saturated rings. The van der Waals surface area contributed by atoms with Crippen LogP contribution in [0.1, 0.15) is 18.6 Å². The van der Waals surface area contributed by atoms with Gasteiger partial charge < -0.3 is 9.52 Å². The van der Waals surface area contributed by atoms with Crippen LogP contribution in [0.15, 0.2) is 16.5 Å². The van der Waals surface area contributed by atoms with Crippen molar-refractivity contribution in [2.24, 2.45) is 5.41 Å². The summed E-state index contributed by atoms with van der Waals surface area (Å²) in [6.07, 6.45) is 1.33. The molecule has 1 aliphatic rings. The summed E-state index contributed by atoms with van der Waals surface area (Å²) in [5.41, 5.74) is -0.703. The van der Waals surface area contributed by atoms with Gasteiger partial charge in [-0.15, -0.1) is 5.10 Å². The molecule has 0 atom stereocenters. The van der Waals surface area contributed by atoms with Crippen molar-refractivity contribution in [3.8, 4) is 11.6 Å². The first-order valence-corrected chi connectivity index (χ1v) is 5.67. The van der Waals surface area contributed by atoms with Crippen molar-refractivity contribution in [1.82, 2.24) is 20.2 Å². The minimum atomic E-state index is -0.792. The van der Waals surface area contributed by atoms with Gasteiger partial charge in [-0.25, -0.2) is 4.68 Å². The summed E-state index contributed by atoms with van der Waals surface area (Å²) in [5, 5.41) is 20.5. The number of aryl methyl sites for hydroxylation is 1. The third-order valence-corrected chi connectivity index (χ3v) is 3.25. The monoisotopic (exact) mass is 248 g/mol. The van der Waals surface area contributed by atoms with Gasteiger partial charge in [0, 0.05) is 0 Å². The Morgan fingerprint density at radius 1 is 1.56 bits per heavy atom. The molecule has 0 amide bonds. The zero-order chi connectivity index (χ0) is 12.8. The molecule has 2 heterocycles. The molecule has 94 valence electrons. The quantitative estimate of drug-likeness (QED) is 0.870. The van der Waals surface area contributed by atoms with E-state index in [-0.39, 0.29) is 6.54 Å². The smallest absolute Gasteiger partial charge is 0.311 e. The van der Waals surface area contributed by atoms with Crippen molar-refractivity contribution in [2.45, 2.75) is 26.3 Å². The molecule has 0 aromatic carbocycles. The first-order chi connectivity index (χ1) is 8.61. The topological polar surface area (TPSA) is 94.0 Å². The second-order valence-corrected chi connectivity index (χ2v) is 4.66. The van der Waals surface area contributed by atoms with Crippen molar-refractivity contribution in [1.29, 1.82) is 0 Å². The van der Waals surface area contributed by atoms with Gasteiger partial charge in [-0.1, -0.05) is 0 Å². The highest BCUT2D eigenvalue weighted by Gasteiger charge is 2.51. The van der Waals surface area contributed by atoms with Crippen LogP contribution in [-0.2, 0) is 11.3 Å². The van der Waals surface area contributed by atoms with E-state index in [9.17, 15) is 4.79 Å². The third-order valence-electron chi connectivity index (χ3n) is 3.25. The summed E-state index contributed by atoms with van der Waals surface area (Å²) in [6.45, 7) is 2.11. The van der Waals surface area contributed by atoms with Gasteiger partial charge >= 0.3 is 5.97 Å².